The minimum absolute atomic E-state index is 0.0380. The third-order valence-electron chi connectivity index (χ3n) is 7.50. The molecule has 3 aromatic carbocycles. The quantitative estimate of drug-likeness (QED) is 0.309. The maximum absolute atomic E-state index is 13.8. The fourth-order valence-electron chi connectivity index (χ4n) is 5.10. The fraction of sp³-hybridized carbons (Fsp3) is 0.344. The van der Waals surface area contributed by atoms with Crippen LogP contribution in [0.4, 0.5) is 0 Å². The van der Waals surface area contributed by atoms with Crippen molar-refractivity contribution in [1.29, 1.82) is 0 Å². The van der Waals surface area contributed by atoms with Crippen molar-refractivity contribution in [1.82, 2.24) is 15.5 Å². The first kappa shape index (κ1) is 30.1. The number of nitrogens with zero attached hydrogens (tertiary/aromatic N) is 1. The summed E-state index contributed by atoms with van der Waals surface area (Å²) < 4.78 is -0.591. The topological polar surface area (TPSA) is 119 Å². The van der Waals surface area contributed by atoms with Gasteiger partial charge in [-0.2, -0.15) is 0 Å². The molecule has 1 heterocycles. The molecular formula is C32H37N3O5S. The van der Waals surface area contributed by atoms with Gasteiger partial charge in [0.05, 0.1) is 11.9 Å². The number of aliphatic hydroxyl groups is 1. The summed E-state index contributed by atoms with van der Waals surface area (Å²) in [5.41, 5.74) is 3.75. The lowest BCUT2D eigenvalue weighted by molar-refractivity contribution is -0.147. The van der Waals surface area contributed by atoms with Crippen molar-refractivity contribution < 1.29 is 24.6 Å². The second-order valence-corrected chi connectivity index (χ2v) is 12.5. The number of carbonyl (C=O) groups is 3. The molecule has 3 amide bonds. The maximum Gasteiger partial charge on any atom is 0.254 e. The van der Waals surface area contributed by atoms with Gasteiger partial charge in [0.15, 0.2) is 6.10 Å². The number of hydrogen-bond acceptors (Lipinski definition) is 6. The van der Waals surface area contributed by atoms with Crippen LogP contribution < -0.4 is 10.6 Å². The summed E-state index contributed by atoms with van der Waals surface area (Å²) in [6, 6.07) is 19.7. The van der Waals surface area contributed by atoms with Crippen molar-refractivity contribution in [2.75, 3.05) is 5.88 Å². The van der Waals surface area contributed by atoms with Gasteiger partial charge < -0.3 is 25.7 Å². The number of phenols is 1. The summed E-state index contributed by atoms with van der Waals surface area (Å²) in [6.45, 7) is 7.82. The van der Waals surface area contributed by atoms with Crippen molar-refractivity contribution >= 4 is 29.5 Å². The van der Waals surface area contributed by atoms with Gasteiger partial charge in [0.25, 0.3) is 11.8 Å². The van der Waals surface area contributed by atoms with Gasteiger partial charge in [-0.1, -0.05) is 54.6 Å². The Bertz CT molecular complexity index is 1410. The minimum Gasteiger partial charge on any atom is -0.508 e. The average Bonchev–Trinajstić information content (AvgIpc) is 3.26. The van der Waals surface area contributed by atoms with Crippen LogP contribution in [-0.2, 0) is 22.6 Å². The molecule has 3 aromatic rings. The van der Waals surface area contributed by atoms with E-state index in [0.717, 1.165) is 16.7 Å². The standard InChI is InChI=1S/C32H37N3O5S/c1-20-10-8-9-13-23(20)18-33-30(39)28-32(3,4)41-19-35(28)31(40)27(37)26(17-22-11-6-5-7-12-22)34-29(38)25-15-14-24(36)16-21(25)2/h5-16,26-28,36-37H,17-19H2,1-4H3,(H,33,39)(H,34,38)/t26-,27-,28?/m0/s1. The van der Waals surface area contributed by atoms with Crippen LogP contribution >= 0.6 is 11.8 Å². The van der Waals surface area contributed by atoms with E-state index in [2.05, 4.69) is 10.6 Å². The third-order valence-corrected chi connectivity index (χ3v) is 8.87. The molecule has 0 aliphatic carbocycles. The number of amides is 3. The van der Waals surface area contributed by atoms with Gasteiger partial charge in [-0.3, -0.25) is 14.4 Å². The van der Waals surface area contributed by atoms with E-state index in [0.29, 0.717) is 17.7 Å². The van der Waals surface area contributed by atoms with Gasteiger partial charge in [0, 0.05) is 16.9 Å². The first-order chi connectivity index (χ1) is 19.5. The van der Waals surface area contributed by atoms with E-state index in [-0.39, 0.29) is 24.0 Å². The SMILES string of the molecule is Cc1ccccc1CNC(=O)C1N(C(=O)[C@@H](O)[C@H](Cc2ccccc2)NC(=O)c2ccc(O)cc2C)CSC1(C)C. The highest BCUT2D eigenvalue weighted by Crippen LogP contribution is 2.40. The predicted octanol–water partition coefficient (Wildman–Crippen LogP) is 3.71. The molecule has 9 heteroatoms. The van der Waals surface area contributed by atoms with E-state index in [4.69, 9.17) is 0 Å². The van der Waals surface area contributed by atoms with Crippen LogP contribution in [0.25, 0.3) is 0 Å². The van der Waals surface area contributed by atoms with Gasteiger partial charge in [-0.05, 0) is 74.6 Å². The van der Waals surface area contributed by atoms with Crippen molar-refractivity contribution in [3.63, 3.8) is 0 Å². The van der Waals surface area contributed by atoms with Crippen LogP contribution in [-0.4, -0.2) is 61.6 Å². The number of nitrogens with one attached hydrogen (secondary N) is 2. The van der Waals surface area contributed by atoms with E-state index in [1.807, 2.05) is 75.4 Å². The van der Waals surface area contributed by atoms with Gasteiger partial charge in [-0.15, -0.1) is 11.8 Å². The zero-order valence-electron chi connectivity index (χ0n) is 23.8. The van der Waals surface area contributed by atoms with Crippen LogP contribution in [0.3, 0.4) is 0 Å². The molecule has 1 aliphatic rings. The number of hydrogen-bond donors (Lipinski definition) is 4. The first-order valence-corrected chi connectivity index (χ1v) is 14.6. The minimum atomic E-state index is -1.60. The predicted molar refractivity (Wildman–Crippen MR) is 160 cm³/mol. The largest absolute Gasteiger partial charge is 0.508 e. The summed E-state index contributed by atoms with van der Waals surface area (Å²) in [5.74, 6) is -1.13. The summed E-state index contributed by atoms with van der Waals surface area (Å²) >= 11 is 1.47. The van der Waals surface area contributed by atoms with Gasteiger partial charge in [-0.25, -0.2) is 0 Å². The molecule has 1 fully saturated rings. The second-order valence-electron chi connectivity index (χ2n) is 10.9. The summed E-state index contributed by atoms with van der Waals surface area (Å²) in [4.78, 5) is 42.0. The number of aromatic hydroxyl groups is 1. The van der Waals surface area contributed by atoms with E-state index in [9.17, 15) is 24.6 Å². The number of carbonyl (C=O) groups excluding carboxylic acids is 3. The summed E-state index contributed by atoms with van der Waals surface area (Å²) in [7, 11) is 0. The Kier molecular flexibility index (Phi) is 9.40. The molecule has 216 valence electrons. The number of benzene rings is 3. The molecule has 4 N–H and O–H groups in total. The highest BCUT2D eigenvalue weighted by molar-refractivity contribution is 8.00. The van der Waals surface area contributed by atoms with Crippen molar-refractivity contribution in [2.45, 2.75) is 63.6 Å². The smallest absolute Gasteiger partial charge is 0.254 e. The second kappa shape index (κ2) is 12.8. The molecule has 1 saturated heterocycles. The van der Waals surface area contributed by atoms with E-state index < -0.39 is 34.7 Å². The van der Waals surface area contributed by atoms with Crippen LogP contribution in [0.5, 0.6) is 5.75 Å². The number of thioether (sulfide) groups is 1. The highest BCUT2D eigenvalue weighted by Gasteiger charge is 2.49. The fourth-order valence-corrected chi connectivity index (χ4v) is 6.24. The monoisotopic (exact) mass is 575 g/mol. The first-order valence-electron chi connectivity index (χ1n) is 13.6. The molecule has 0 aromatic heterocycles. The molecule has 3 atom stereocenters. The Morgan fingerprint density at radius 2 is 1.68 bits per heavy atom. The lowest BCUT2D eigenvalue weighted by atomic mass is 9.96. The van der Waals surface area contributed by atoms with Gasteiger partial charge >= 0.3 is 0 Å². The lowest BCUT2D eigenvalue weighted by Gasteiger charge is -2.33. The zero-order chi connectivity index (χ0) is 29.7. The molecule has 1 aliphatic heterocycles. The molecule has 0 radical (unpaired) electrons. The Morgan fingerprint density at radius 1 is 1.00 bits per heavy atom. The van der Waals surface area contributed by atoms with E-state index in [1.165, 1.54) is 34.9 Å². The molecule has 4 rings (SSSR count). The van der Waals surface area contributed by atoms with Gasteiger partial charge in [0.1, 0.15) is 11.8 Å². The Morgan fingerprint density at radius 3 is 2.37 bits per heavy atom. The van der Waals surface area contributed by atoms with E-state index >= 15 is 0 Å². The molecular weight excluding hydrogens is 538 g/mol. The Hall–Kier alpha value is -3.82. The molecule has 0 spiro atoms. The van der Waals surface area contributed by atoms with Crippen LogP contribution in [0.1, 0.15) is 46.5 Å². The summed E-state index contributed by atoms with van der Waals surface area (Å²) in [6.07, 6.45) is -1.40. The number of aryl methyl sites for hydroxylation is 2. The zero-order valence-corrected chi connectivity index (χ0v) is 24.6. The van der Waals surface area contributed by atoms with Crippen LogP contribution in [0, 0.1) is 13.8 Å². The number of aliphatic hydroxyl groups excluding tert-OH is 1. The maximum atomic E-state index is 13.8. The molecule has 8 nitrogen and oxygen atoms in total. The number of rotatable bonds is 9. The molecule has 41 heavy (non-hydrogen) atoms. The van der Waals surface area contributed by atoms with E-state index in [1.54, 1.807) is 6.92 Å². The lowest BCUT2D eigenvalue weighted by Crippen LogP contribution is -2.58. The van der Waals surface area contributed by atoms with Gasteiger partial charge in [0.2, 0.25) is 5.91 Å². The Labute approximate surface area is 245 Å². The molecule has 0 bridgehead atoms. The van der Waals surface area contributed by atoms with Crippen molar-refractivity contribution in [2.24, 2.45) is 0 Å². The summed E-state index contributed by atoms with van der Waals surface area (Å²) in [5, 5.41) is 27.0. The highest BCUT2D eigenvalue weighted by atomic mass is 32.2. The molecule has 1 unspecified atom stereocenters. The Balaban J connectivity index is 1.55. The average molecular weight is 576 g/mol. The molecule has 0 saturated carbocycles. The normalized spacial score (nSPS) is 17.5. The van der Waals surface area contributed by atoms with Crippen molar-refractivity contribution in [3.8, 4) is 5.75 Å². The number of phenolic OH excluding ortho intramolecular Hbond substituents is 1. The third kappa shape index (κ3) is 7.10. The van der Waals surface area contributed by atoms with Crippen molar-refractivity contribution in [3.05, 3.63) is 101 Å². The van der Waals surface area contributed by atoms with Crippen LogP contribution in [0.15, 0.2) is 72.8 Å². The van der Waals surface area contributed by atoms with Crippen LogP contribution in [0.2, 0.25) is 0 Å².